The van der Waals surface area contributed by atoms with E-state index in [2.05, 4.69) is 103 Å². The third kappa shape index (κ3) is 4.30. The van der Waals surface area contributed by atoms with Crippen molar-refractivity contribution in [2.24, 2.45) is 0 Å². The van der Waals surface area contributed by atoms with Crippen molar-refractivity contribution in [3.8, 4) is 0 Å². The lowest BCUT2D eigenvalue weighted by molar-refractivity contribution is 0.496. The first-order valence-corrected chi connectivity index (χ1v) is 8.23. The van der Waals surface area contributed by atoms with Crippen LogP contribution in [0.1, 0.15) is 29.7 Å². The van der Waals surface area contributed by atoms with Crippen LogP contribution in [0.15, 0.2) is 91.0 Å². The first-order chi connectivity index (χ1) is 11.3. The fourth-order valence-electron chi connectivity index (χ4n) is 2.99. The van der Waals surface area contributed by atoms with Crippen molar-refractivity contribution >= 4 is 0 Å². The van der Waals surface area contributed by atoms with Gasteiger partial charge in [0.05, 0.1) is 6.04 Å². The number of hydrogen-bond acceptors (Lipinski definition) is 1. The van der Waals surface area contributed by atoms with E-state index in [4.69, 9.17) is 0 Å². The highest BCUT2D eigenvalue weighted by Gasteiger charge is 2.16. The van der Waals surface area contributed by atoms with Crippen molar-refractivity contribution in [3.63, 3.8) is 0 Å². The normalized spacial score (nSPS) is 12.3. The van der Waals surface area contributed by atoms with Crippen LogP contribution in [-0.4, -0.2) is 6.04 Å². The highest BCUT2D eigenvalue weighted by molar-refractivity contribution is 5.31. The molecule has 23 heavy (non-hydrogen) atoms. The third-order valence-electron chi connectivity index (χ3n) is 4.10. The van der Waals surface area contributed by atoms with Crippen LogP contribution in [0.2, 0.25) is 0 Å². The van der Waals surface area contributed by atoms with Crippen LogP contribution in [0.25, 0.3) is 0 Å². The quantitative estimate of drug-likeness (QED) is 0.676. The maximum absolute atomic E-state index is 3.80. The molecule has 1 N–H and O–H groups in total. The first-order valence-electron chi connectivity index (χ1n) is 8.23. The molecule has 1 atom stereocenters. The summed E-state index contributed by atoms with van der Waals surface area (Å²) in [6, 6.07) is 32.6. The topological polar surface area (TPSA) is 12.0 Å². The number of hydrogen-bond donors (Lipinski definition) is 1. The van der Waals surface area contributed by atoms with E-state index in [1.165, 1.54) is 16.7 Å². The number of benzene rings is 3. The summed E-state index contributed by atoms with van der Waals surface area (Å²) >= 11 is 0. The smallest absolute Gasteiger partial charge is 0.0578 e. The molecule has 0 aliphatic heterocycles. The Morgan fingerprint density at radius 2 is 1.09 bits per heavy atom. The van der Waals surface area contributed by atoms with Crippen molar-refractivity contribution in [2.45, 2.75) is 25.4 Å². The van der Waals surface area contributed by atoms with E-state index in [0.717, 1.165) is 6.42 Å². The van der Waals surface area contributed by atoms with Crippen molar-refractivity contribution in [1.29, 1.82) is 0 Å². The lowest BCUT2D eigenvalue weighted by atomic mass is 9.97. The number of nitrogens with one attached hydrogen (secondary N) is 1. The van der Waals surface area contributed by atoms with Gasteiger partial charge in [-0.05, 0) is 30.0 Å². The van der Waals surface area contributed by atoms with Crippen LogP contribution in [0.3, 0.4) is 0 Å². The third-order valence-corrected chi connectivity index (χ3v) is 4.10. The summed E-state index contributed by atoms with van der Waals surface area (Å²) < 4.78 is 0. The molecule has 0 aromatic heterocycles. The molecule has 0 radical (unpaired) electrons. The lowest BCUT2D eigenvalue weighted by Crippen LogP contribution is -2.32. The molecule has 0 spiro atoms. The van der Waals surface area contributed by atoms with Gasteiger partial charge < -0.3 is 5.32 Å². The summed E-state index contributed by atoms with van der Waals surface area (Å²) in [5.74, 6) is 0. The van der Waals surface area contributed by atoms with Gasteiger partial charge in [-0.3, -0.25) is 0 Å². The Balaban J connectivity index is 1.79. The van der Waals surface area contributed by atoms with Gasteiger partial charge in [-0.25, -0.2) is 0 Å². The van der Waals surface area contributed by atoms with Gasteiger partial charge in [0.15, 0.2) is 0 Å². The van der Waals surface area contributed by atoms with Gasteiger partial charge in [-0.1, -0.05) is 91.0 Å². The van der Waals surface area contributed by atoms with Crippen LogP contribution in [-0.2, 0) is 6.42 Å². The zero-order valence-corrected chi connectivity index (χ0v) is 13.5. The maximum atomic E-state index is 3.80. The van der Waals surface area contributed by atoms with Crippen LogP contribution < -0.4 is 5.32 Å². The summed E-state index contributed by atoms with van der Waals surface area (Å²) in [5.41, 5.74) is 3.98. The Morgan fingerprint density at radius 1 is 0.652 bits per heavy atom. The summed E-state index contributed by atoms with van der Waals surface area (Å²) in [6.45, 7) is 2.26. The molecule has 3 aromatic carbocycles. The van der Waals surface area contributed by atoms with Gasteiger partial charge in [0, 0.05) is 6.04 Å². The molecular formula is C22H23N. The molecule has 0 heterocycles. The summed E-state index contributed by atoms with van der Waals surface area (Å²) in [7, 11) is 0. The summed E-state index contributed by atoms with van der Waals surface area (Å²) in [4.78, 5) is 0. The van der Waals surface area contributed by atoms with Crippen LogP contribution >= 0.6 is 0 Å². The fourth-order valence-corrected chi connectivity index (χ4v) is 2.99. The molecule has 0 saturated heterocycles. The monoisotopic (exact) mass is 301 g/mol. The van der Waals surface area contributed by atoms with E-state index in [9.17, 15) is 0 Å². The Morgan fingerprint density at radius 3 is 1.57 bits per heavy atom. The van der Waals surface area contributed by atoms with E-state index >= 15 is 0 Å². The zero-order valence-electron chi connectivity index (χ0n) is 13.5. The molecular weight excluding hydrogens is 278 g/mol. The summed E-state index contributed by atoms with van der Waals surface area (Å²) in [6.07, 6.45) is 1.02. The molecule has 0 amide bonds. The van der Waals surface area contributed by atoms with Gasteiger partial charge in [0.25, 0.3) is 0 Å². The van der Waals surface area contributed by atoms with Crippen LogP contribution in [0.4, 0.5) is 0 Å². The van der Waals surface area contributed by atoms with Gasteiger partial charge in [0.1, 0.15) is 0 Å². The minimum Gasteiger partial charge on any atom is -0.303 e. The van der Waals surface area contributed by atoms with Crippen LogP contribution in [0, 0.1) is 0 Å². The summed E-state index contributed by atoms with van der Waals surface area (Å²) in [5, 5.41) is 3.80. The molecule has 116 valence electrons. The average molecular weight is 301 g/mol. The second kappa shape index (κ2) is 7.75. The zero-order chi connectivity index (χ0) is 15.9. The number of rotatable bonds is 6. The molecule has 0 bridgehead atoms. The molecule has 3 rings (SSSR count). The molecule has 1 unspecified atom stereocenters. The molecule has 1 heteroatoms. The van der Waals surface area contributed by atoms with Crippen LogP contribution in [0.5, 0.6) is 0 Å². The minimum atomic E-state index is 0.219. The van der Waals surface area contributed by atoms with Crippen molar-refractivity contribution < 1.29 is 0 Å². The predicted molar refractivity (Wildman–Crippen MR) is 97.5 cm³/mol. The standard InChI is InChI=1S/C22H23N/c1-18(17-19-11-5-2-6-12-19)23-22(20-13-7-3-8-14-20)21-15-9-4-10-16-21/h2-16,18,22-23H,17H2,1H3. The van der Waals surface area contributed by atoms with Crippen molar-refractivity contribution in [3.05, 3.63) is 108 Å². The second-order valence-electron chi connectivity index (χ2n) is 6.01. The second-order valence-corrected chi connectivity index (χ2v) is 6.01. The SMILES string of the molecule is CC(Cc1ccccc1)NC(c1ccccc1)c1ccccc1. The van der Waals surface area contributed by atoms with Gasteiger partial charge in [0.2, 0.25) is 0 Å². The maximum Gasteiger partial charge on any atom is 0.0578 e. The first kappa shape index (κ1) is 15.5. The molecule has 1 nitrogen and oxygen atoms in total. The largest absolute Gasteiger partial charge is 0.303 e. The van der Waals surface area contributed by atoms with E-state index in [1.807, 2.05) is 0 Å². The fraction of sp³-hybridized carbons (Fsp3) is 0.182. The van der Waals surface area contributed by atoms with E-state index in [0.29, 0.717) is 6.04 Å². The van der Waals surface area contributed by atoms with Crippen molar-refractivity contribution in [1.82, 2.24) is 5.32 Å². The molecule has 0 aliphatic carbocycles. The Labute approximate surface area is 139 Å². The molecule has 0 fully saturated rings. The molecule has 0 saturated carbocycles. The van der Waals surface area contributed by atoms with Crippen molar-refractivity contribution in [2.75, 3.05) is 0 Å². The Bertz CT molecular complexity index is 652. The Kier molecular flexibility index (Phi) is 5.23. The van der Waals surface area contributed by atoms with E-state index < -0.39 is 0 Å². The van der Waals surface area contributed by atoms with Gasteiger partial charge >= 0.3 is 0 Å². The molecule has 3 aromatic rings. The highest BCUT2D eigenvalue weighted by atomic mass is 14.9. The Hall–Kier alpha value is -2.38. The lowest BCUT2D eigenvalue weighted by Gasteiger charge is -2.24. The van der Waals surface area contributed by atoms with E-state index in [1.54, 1.807) is 0 Å². The predicted octanol–water partition coefficient (Wildman–Crippen LogP) is 5.00. The average Bonchev–Trinajstić information content (AvgIpc) is 2.62. The van der Waals surface area contributed by atoms with Gasteiger partial charge in [-0.2, -0.15) is 0 Å². The van der Waals surface area contributed by atoms with Gasteiger partial charge in [-0.15, -0.1) is 0 Å². The highest BCUT2D eigenvalue weighted by Crippen LogP contribution is 2.22. The molecule has 0 aliphatic rings. The van der Waals surface area contributed by atoms with E-state index in [-0.39, 0.29) is 6.04 Å². The minimum absolute atomic E-state index is 0.219.